The van der Waals surface area contributed by atoms with Gasteiger partial charge in [-0.25, -0.2) is 0 Å². The summed E-state index contributed by atoms with van der Waals surface area (Å²) in [5.41, 5.74) is 1.03. The summed E-state index contributed by atoms with van der Waals surface area (Å²) >= 11 is 3.19. The van der Waals surface area contributed by atoms with Crippen LogP contribution in [0.2, 0.25) is 0 Å². The molecule has 6 heteroatoms. The summed E-state index contributed by atoms with van der Waals surface area (Å²) in [4.78, 5) is 26.3. The van der Waals surface area contributed by atoms with E-state index in [0.29, 0.717) is 29.9 Å². The third-order valence-corrected chi connectivity index (χ3v) is 4.60. The van der Waals surface area contributed by atoms with Gasteiger partial charge in [0.05, 0.1) is 6.42 Å². The lowest BCUT2D eigenvalue weighted by molar-refractivity contribution is -0.131. The van der Waals surface area contributed by atoms with E-state index in [1.54, 1.807) is 12.1 Å². The zero-order valence-electron chi connectivity index (χ0n) is 13.2. The lowest BCUT2D eigenvalue weighted by Gasteiger charge is -2.32. The molecule has 5 nitrogen and oxygen atoms in total. The van der Waals surface area contributed by atoms with Crippen LogP contribution in [-0.4, -0.2) is 35.8 Å². The maximum atomic E-state index is 12.3. The monoisotopic (exact) mass is 390 g/mol. The van der Waals surface area contributed by atoms with Gasteiger partial charge in [-0.2, -0.15) is 0 Å². The fraction of sp³-hybridized carbons (Fsp3) is 0.333. The van der Waals surface area contributed by atoms with Crippen molar-refractivity contribution >= 4 is 27.7 Å². The Labute approximate surface area is 149 Å². The van der Waals surface area contributed by atoms with Crippen LogP contribution in [0.25, 0.3) is 0 Å². The molecule has 2 heterocycles. The predicted octanol–water partition coefficient (Wildman–Crippen LogP) is 3.01. The minimum Gasteiger partial charge on any atom is -0.444 e. The SMILES string of the molecule is O=C(NC1CCN(C(=O)Cc2ccccc2)CC1)c1ccc(Br)o1. The van der Waals surface area contributed by atoms with Crippen LogP contribution >= 0.6 is 15.9 Å². The van der Waals surface area contributed by atoms with Crippen LogP contribution in [-0.2, 0) is 11.2 Å². The van der Waals surface area contributed by atoms with E-state index >= 15 is 0 Å². The topological polar surface area (TPSA) is 62.6 Å². The number of likely N-dealkylation sites (tertiary alicyclic amines) is 1. The van der Waals surface area contributed by atoms with E-state index in [2.05, 4.69) is 21.2 Å². The number of nitrogens with one attached hydrogen (secondary N) is 1. The third-order valence-electron chi connectivity index (χ3n) is 4.18. The molecule has 1 saturated heterocycles. The minimum absolute atomic E-state index is 0.0714. The summed E-state index contributed by atoms with van der Waals surface area (Å²) < 4.78 is 5.79. The van der Waals surface area contributed by atoms with Crippen LogP contribution < -0.4 is 5.32 Å². The molecule has 0 atom stereocenters. The highest BCUT2D eigenvalue weighted by atomic mass is 79.9. The number of halogens is 1. The molecule has 1 fully saturated rings. The normalized spacial score (nSPS) is 15.3. The molecule has 126 valence electrons. The molecule has 24 heavy (non-hydrogen) atoms. The van der Waals surface area contributed by atoms with Crippen molar-refractivity contribution in [2.24, 2.45) is 0 Å². The number of benzene rings is 1. The van der Waals surface area contributed by atoms with Gasteiger partial charge in [0.1, 0.15) is 0 Å². The summed E-state index contributed by atoms with van der Waals surface area (Å²) in [6, 6.07) is 13.2. The van der Waals surface area contributed by atoms with Crippen LogP contribution in [0.1, 0.15) is 29.0 Å². The third kappa shape index (κ3) is 4.26. The van der Waals surface area contributed by atoms with Gasteiger partial charge in [-0.3, -0.25) is 9.59 Å². The van der Waals surface area contributed by atoms with Gasteiger partial charge in [0.2, 0.25) is 5.91 Å². The van der Waals surface area contributed by atoms with Crippen molar-refractivity contribution in [3.63, 3.8) is 0 Å². The molecule has 1 aromatic carbocycles. The van der Waals surface area contributed by atoms with Gasteiger partial charge in [-0.15, -0.1) is 0 Å². The van der Waals surface area contributed by atoms with Crippen LogP contribution in [0, 0.1) is 0 Å². The number of amides is 2. The van der Waals surface area contributed by atoms with E-state index in [4.69, 9.17) is 4.42 Å². The lowest BCUT2D eigenvalue weighted by Crippen LogP contribution is -2.46. The Hall–Kier alpha value is -2.08. The molecule has 2 aromatic rings. The van der Waals surface area contributed by atoms with Crippen molar-refractivity contribution < 1.29 is 14.0 Å². The average Bonchev–Trinajstić information content (AvgIpc) is 3.03. The van der Waals surface area contributed by atoms with Crippen molar-refractivity contribution in [1.82, 2.24) is 10.2 Å². The predicted molar refractivity (Wildman–Crippen MR) is 93.6 cm³/mol. The second-order valence-corrected chi connectivity index (χ2v) is 6.68. The number of nitrogens with zero attached hydrogens (tertiary/aromatic N) is 1. The lowest BCUT2D eigenvalue weighted by atomic mass is 10.0. The number of piperidine rings is 1. The van der Waals surface area contributed by atoms with E-state index in [0.717, 1.165) is 18.4 Å². The highest BCUT2D eigenvalue weighted by Crippen LogP contribution is 2.16. The smallest absolute Gasteiger partial charge is 0.287 e. The van der Waals surface area contributed by atoms with Crippen molar-refractivity contribution in [2.45, 2.75) is 25.3 Å². The first-order valence-corrected chi connectivity index (χ1v) is 8.79. The number of carbonyl (C=O) groups is 2. The number of furan rings is 1. The van der Waals surface area contributed by atoms with Gasteiger partial charge in [0.15, 0.2) is 10.4 Å². The van der Waals surface area contributed by atoms with Gasteiger partial charge < -0.3 is 14.6 Å². The summed E-state index contributed by atoms with van der Waals surface area (Å²) in [5, 5.41) is 2.97. The van der Waals surface area contributed by atoms with Gasteiger partial charge in [-0.1, -0.05) is 30.3 Å². The molecular formula is C18H19BrN2O3. The zero-order chi connectivity index (χ0) is 16.9. The fourth-order valence-corrected chi connectivity index (χ4v) is 3.15. The number of hydrogen-bond donors (Lipinski definition) is 1. The Morgan fingerprint density at radius 1 is 1.12 bits per heavy atom. The van der Waals surface area contributed by atoms with Gasteiger partial charge in [-0.05, 0) is 46.5 Å². The zero-order valence-corrected chi connectivity index (χ0v) is 14.8. The molecule has 0 saturated carbocycles. The first-order valence-electron chi connectivity index (χ1n) is 8.00. The van der Waals surface area contributed by atoms with E-state index in [-0.39, 0.29) is 17.9 Å². The molecule has 1 aliphatic rings. The van der Waals surface area contributed by atoms with Crippen LogP contribution in [0.5, 0.6) is 0 Å². The van der Waals surface area contributed by atoms with Gasteiger partial charge in [0, 0.05) is 19.1 Å². The highest BCUT2D eigenvalue weighted by molar-refractivity contribution is 9.10. The minimum atomic E-state index is -0.213. The average molecular weight is 391 g/mol. The number of carbonyl (C=O) groups excluding carboxylic acids is 2. The standard InChI is InChI=1S/C18H19BrN2O3/c19-16-7-6-15(24-16)18(23)20-14-8-10-21(11-9-14)17(22)12-13-4-2-1-3-5-13/h1-7,14H,8-12H2,(H,20,23). The van der Waals surface area contributed by atoms with E-state index in [1.165, 1.54) is 0 Å². The Kier molecular flexibility index (Phi) is 5.35. The van der Waals surface area contributed by atoms with Crippen molar-refractivity contribution in [3.8, 4) is 0 Å². The second kappa shape index (κ2) is 7.66. The Bertz CT molecular complexity index is 706. The Morgan fingerprint density at radius 2 is 1.83 bits per heavy atom. The van der Waals surface area contributed by atoms with Crippen LogP contribution in [0.4, 0.5) is 0 Å². The summed E-state index contributed by atoms with van der Waals surface area (Å²) in [5.74, 6) is 0.222. The molecule has 1 aliphatic heterocycles. The van der Waals surface area contributed by atoms with Gasteiger partial charge >= 0.3 is 0 Å². The molecule has 0 unspecified atom stereocenters. The Morgan fingerprint density at radius 3 is 2.46 bits per heavy atom. The summed E-state index contributed by atoms with van der Waals surface area (Å²) in [6.45, 7) is 1.33. The number of hydrogen-bond acceptors (Lipinski definition) is 3. The van der Waals surface area contributed by atoms with Crippen LogP contribution in [0.3, 0.4) is 0 Å². The van der Waals surface area contributed by atoms with Crippen LogP contribution in [0.15, 0.2) is 51.6 Å². The number of rotatable bonds is 4. The van der Waals surface area contributed by atoms with Gasteiger partial charge in [0.25, 0.3) is 5.91 Å². The molecule has 3 rings (SSSR count). The molecular weight excluding hydrogens is 372 g/mol. The molecule has 0 radical (unpaired) electrons. The molecule has 0 bridgehead atoms. The van der Waals surface area contributed by atoms with E-state index in [1.807, 2.05) is 35.2 Å². The first-order chi connectivity index (χ1) is 11.6. The largest absolute Gasteiger partial charge is 0.444 e. The van der Waals surface area contributed by atoms with Crippen molar-refractivity contribution in [3.05, 3.63) is 58.5 Å². The van der Waals surface area contributed by atoms with Crippen molar-refractivity contribution in [1.29, 1.82) is 0 Å². The quantitative estimate of drug-likeness (QED) is 0.872. The Balaban J connectivity index is 1.47. The molecule has 0 aliphatic carbocycles. The maximum Gasteiger partial charge on any atom is 0.287 e. The van der Waals surface area contributed by atoms with E-state index in [9.17, 15) is 9.59 Å². The summed E-state index contributed by atoms with van der Waals surface area (Å²) in [7, 11) is 0. The maximum absolute atomic E-state index is 12.3. The second-order valence-electron chi connectivity index (χ2n) is 5.89. The molecule has 2 amide bonds. The fourth-order valence-electron chi connectivity index (χ4n) is 2.85. The molecule has 1 aromatic heterocycles. The summed E-state index contributed by atoms with van der Waals surface area (Å²) in [6.07, 6.45) is 1.95. The molecule has 0 spiro atoms. The highest BCUT2D eigenvalue weighted by Gasteiger charge is 2.24. The van der Waals surface area contributed by atoms with E-state index < -0.39 is 0 Å². The molecule has 1 N–H and O–H groups in total. The first kappa shape index (κ1) is 16.8. The van der Waals surface area contributed by atoms with Crippen molar-refractivity contribution in [2.75, 3.05) is 13.1 Å².